The Hall–Kier alpha value is -0.920. The Labute approximate surface area is 115 Å². The molecule has 0 amide bonds. The van der Waals surface area contributed by atoms with Crippen LogP contribution in [0, 0.1) is 12.8 Å². The van der Waals surface area contributed by atoms with Gasteiger partial charge in [0.05, 0.1) is 11.4 Å². The van der Waals surface area contributed by atoms with E-state index in [2.05, 4.69) is 15.5 Å². The summed E-state index contributed by atoms with van der Waals surface area (Å²) in [6.07, 6.45) is 0. The second kappa shape index (κ2) is 6.49. The van der Waals surface area contributed by atoms with E-state index in [4.69, 9.17) is 0 Å². The molecule has 0 atom stereocenters. The van der Waals surface area contributed by atoms with Crippen molar-refractivity contribution >= 4 is 10.0 Å². The molecule has 0 aliphatic rings. The zero-order chi connectivity index (χ0) is 14.6. The summed E-state index contributed by atoms with van der Waals surface area (Å²) in [6, 6.07) is 0. The Bertz CT molecular complexity index is 508. The molecular weight excluding hydrogens is 264 g/mol. The van der Waals surface area contributed by atoms with Gasteiger partial charge in [-0.3, -0.25) is 5.10 Å². The normalized spacial score (nSPS) is 12.6. The van der Waals surface area contributed by atoms with Crippen molar-refractivity contribution in [2.45, 2.75) is 39.1 Å². The third kappa shape index (κ3) is 3.55. The van der Waals surface area contributed by atoms with Crippen LogP contribution in [0.4, 0.5) is 0 Å². The van der Waals surface area contributed by atoms with Crippen LogP contribution < -0.4 is 5.32 Å². The Kier molecular flexibility index (Phi) is 5.51. The van der Waals surface area contributed by atoms with Gasteiger partial charge in [0.25, 0.3) is 0 Å². The highest BCUT2D eigenvalue weighted by molar-refractivity contribution is 7.89. The number of nitrogens with zero attached hydrogens (tertiary/aromatic N) is 2. The highest BCUT2D eigenvalue weighted by Gasteiger charge is 2.29. The molecule has 0 unspecified atom stereocenters. The maximum Gasteiger partial charge on any atom is 0.246 e. The second-order valence-electron chi connectivity index (χ2n) is 5.00. The van der Waals surface area contributed by atoms with Crippen molar-refractivity contribution in [1.82, 2.24) is 19.8 Å². The molecular formula is C12H24N4O2S. The van der Waals surface area contributed by atoms with Crippen molar-refractivity contribution in [3.8, 4) is 0 Å². The van der Waals surface area contributed by atoms with E-state index in [9.17, 15) is 8.42 Å². The molecule has 19 heavy (non-hydrogen) atoms. The van der Waals surface area contributed by atoms with E-state index in [1.54, 1.807) is 14.0 Å². The van der Waals surface area contributed by atoms with Crippen LogP contribution >= 0.6 is 0 Å². The lowest BCUT2D eigenvalue weighted by Gasteiger charge is -2.22. The van der Waals surface area contributed by atoms with E-state index in [1.165, 1.54) is 4.31 Å². The molecule has 0 aromatic carbocycles. The fourth-order valence-corrected chi connectivity index (χ4v) is 3.97. The van der Waals surface area contributed by atoms with Gasteiger partial charge in [-0.15, -0.1) is 0 Å². The quantitative estimate of drug-likeness (QED) is 0.787. The summed E-state index contributed by atoms with van der Waals surface area (Å²) in [4.78, 5) is 0.310. The molecule has 0 fully saturated rings. The van der Waals surface area contributed by atoms with E-state index in [1.807, 2.05) is 20.8 Å². The average Bonchev–Trinajstić information content (AvgIpc) is 2.68. The topological polar surface area (TPSA) is 78.1 Å². The summed E-state index contributed by atoms with van der Waals surface area (Å²) in [5.41, 5.74) is 1.13. The zero-order valence-corrected chi connectivity index (χ0v) is 13.1. The number of aromatic amines is 1. The van der Waals surface area contributed by atoms with E-state index in [-0.39, 0.29) is 5.92 Å². The van der Waals surface area contributed by atoms with Crippen LogP contribution in [0.25, 0.3) is 0 Å². The third-order valence-corrected chi connectivity index (χ3v) is 4.97. The minimum atomic E-state index is -3.49. The first kappa shape index (κ1) is 16.1. The molecule has 0 saturated heterocycles. The van der Waals surface area contributed by atoms with Crippen LogP contribution in [0.2, 0.25) is 0 Å². The fourth-order valence-electron chi connectivity index (χ4n) is 2.03. The molecule has 0 aliphatic carbocycles. The maximum atomic E-state index is 12.7. The van der Waals surface area contributed by atoms with Gasteiger partial charge < -0.3 is 5.32 Å². The number of nitrogens with one attached hydrogen (secondary N) is 2. The summed E-state index contributed by atoms with van der Waals surface area (Å²) in [5, 5.41) is 9.78. The highest BCUT2D eigenvalue weighted by Crippen LogP contribution is 2.22. The summed E-state index contributed by atoms with van der Waals surface area (Å²) in [6.45, 7) is 9.02. The monoisotopic (exact) mass is 288 g/mol. The first-order valence-corrected chi connectivity index (χ1v) is 7.97. The number of H-pyrrole nitrogens is 1. The second-order valence-corrected chi connectivity index (χ2v) is 6.88. The number of rotatable bonds is 7. The van der Waals surface area contributed by atoms with E-state index >= 15 is 0 Å². The van der Waals surface area contributed by atoms with Gasteiger partial charge in [-0.2, -0.15) is 9.40 Å². The average molecular weight is 288 g/mol. The third-order valence-electron chi connectivity index (χ3n) is 2.82. The Morgan fingerprint density at radius 2 is 2.05 bits per heavy atom. The lowest BCUT2D eigenvalue weighted by atomic mass is 10.2. The highest BCUT2D eigenvalue weighted by atomic mass is 32.2. The molecule has 1 rings (SSSR count). The molecule has 1 aromatic rings. The molecule has 0 bridgehead atoms. The standard InChI is InChI=1S/C12H24N4O2S/c1-6-16(8-9(2)3)19(17,18)12-10(4)14-15-11(12)7-13-5/h9,13H,6-8H2,1-5H3,(H,14,15). The number of sulfonamides is 1. The van der Waals surface area contributed by atoms with Crippen LogP contribution in [0.1, 0.15) is 32.2 Å². The molecule has 0 saturated carbocycles. The number of aryl methyl sites for hydroxylation is 1. The van der Waals surface area contributed by atoms with Gasteiger partial charge >= 0.3 is 0 Å². The molecule has 2 N–H and O–H groups in total. The number of hydrogen-bond acceptors (Lipinski definition) is 4. The van der Waals surface area contributed by atoms with Gasteiger partial charge in [0, 0.05) is 19.6 Å². The smallest absolute Gasteiger partial charge is 0.246 e. The molecule has 0 aliphatic heterocycles. The van der Waals surface area contributed by atoms with Crippen LogP contribution in [0.3, 0.4) is 0 Å². The zero-order valence-electron chi connectivity index (χ0n) is 12.3. The summed E-state index contributed by atoms with van der Waals surface area (Å²) in [5.74, 6) is 0.287. The van der Waals surface area contributed by atoms with Crippen LogP contribution in [-0.2, 0) is 16.6 Å². The molecule has 110 valence electrons. The van der Waals surface area contributed by atoms with E-state index in [0.29, 0.717) is 35.9 Å². The van der Waals surface area contributed by atoms with Crippen LogP contribution in [-0.4, -0.2) is 43.1 Å². The first-order chi connectivity index (χ1) is 8.84. The number of hydrogen-bond donors (Lipinski definition) is 2. The lowest BCUT2D eigenvalue weighted by Crippen LogP contribution is -2.35. The van der Waals surface area contributed by atoms with Gasteiger partial charge in [0.2, 0.25) is 10.0 Å². The summed E-state index contributed by atoms with van der Waals surface area (Å²) in [7, 11) is -1.72. The molecule has 0 spiro atoms. The predicted molar refractivity (Wildman–Crippen MR) is 75.4 cm³/mol. The van der Waals surface area contributed by atoms with Gasteiger partial charge in [-0.05, 0) is 19.9 Å². The minimum Gasteiger partial charge on any atom is -0.314 e. The Morgan fingerprint density at radius 3 is 2.53 bits per heavy atom. The van der Waals surface area contributed by atoms with Crippen molar-refractivity contribution in [1.29, 1.82) is 0 Å². The molecule has 1 heterocycles. The molecule has 6 nitrogen and oxygen atoms in total. The Balaban J connectivity index is 3.21. The van der Waals surface area contributed by atoms with E-state index in [0.717, 1.165) is 0 Å². The summed E-state index contributed by atoms with van der Waals surface area (Å²) < 4.78 is 26.9. The van der Waals surface area contributed by atoms with Crippen molar-refractivity contribution < 1.29 is 8.42 Å². The lowest BCUT2D eigenvalue weighted by molar-refractivity contribution is 0.380. The predicted octanol–water partition coefficient (Wildman–Crippen LogP) is 1.10. The molecule has 7 heteroatoms. The van der Waals surface area contributed by atoms with Gasteiger partial charge in [0.1, 0.15) is 4.90 Å². The van der Waals surface area contributed by atoms with Crippen LogP contribution in [0.15, 0.2) is 4.90 Å². The summed E-state index contributed by atoms with van der Waals surface area (Å²) >= 11 is 0. The SMILES string of the molecule is CCN(CC(C)C)S(=O)(=O)c1c(CNC)n[nH]c1C. The van der Waals surface area contributed by atoms with Crippen molar-refractivity contribution in [2.24, 2.45) is 5.92 Å². The Morgan fingerprint density at radius 1 is 1.42 bits per heavy atom. The first-order valence-electron chi connectivity index (χ1n) is 6.53. The fraction of sp³-hybridized carbons (Fsp3) is 0.750. The van der Waals surface area contributed by atoms with Crippen molar-refractivity contribution in [3.05, 3.63) is 11.4 Å². The van der Waals surface area contributed by atoms with Crippen molar-refractivity contribution in [2.75, 3.05) is 20.1 Å². The van der Waals surface area contributed by atoms with Crippen molar-refractivity contribution in [3.63, 3.8) is 0 Å². The van der Waals surface area contributed by atoms with Gasteiger partial charge in [0.15, 0.2) is 0 Å². The van der Waals surface area contributed by atoms with E-state index < -0.39 is 10.0 Å². The molecule has 0 radical (unpaired) electrons. The largest absolute Gasteiger partial charge is 0.314 e. The van der Waals surface area contributed by atoms with Gasteiger partial charge in [-0.1, -0.05) is 20.8 Å². The molecule has 1 aromatic heterocycles. The minimum absolute atomic E-state index is 0.287. The van der Waals surface area contributed by atoms with Gasteiger partial charge in [-0.25, -0.2) is 8.42 Å². The number of aromatic nitrogens is 2. The maximum absolute atomic E-state index is 12.7. The van der Waals surface area contributed by atoms with Crippen LogP contribution in [0.5, 0.6) is 0 Å².